The highest BCUT2D eigenvalue weighted by atomic mass is 32.2. The van der Waals surface area contributed by atoms with Crippen molar-refractivity contribution in [3.8, 4) is 0 Å². The number of halogens is 1. The van der Waals surface area contributed by atoms with Gasteiger partial charge in [-0.3, -0.25) is 10.6 Å². The van der Waals surface area contributed by atoms with Crippen LogP contribution in [0.4, 0.5) is 10.1 Å². The van der Waals surface area contributed by atoms with Crippen LogP contribution in [-0.2, 0) is 10.0 Å². The van der Waals surface area contributed by atoms with Gasteiger partial charge in [0.15, 0.2) is 0 Å². The predicted octanol–water partition coefficient (Wildman–Crippen LogP) is -0.610. The van der Waals surface area contributed by atoms with Crippen LogP contribution in [0.15, 0.2) is 18.2 Å². The number of para-hydroxylation sites is 1. The van der Waals surface area contributed by atoms with E-state index in [9.17, 15) is 17.6 Å². The van der Waals surface area contributed by atoms with E-state index in [0.717, 1.165) is 12.3 Å². The molecule has 0 aliphatic rings. The maximum atomic E-state index is 13.3. The van der Waals surface area contributed by atoms with Gasteiger partial charge in [0.05, 0.1) is 17.5 Å². The lowest BCUT2D eigenvalue weighted by Gasteiger charge is -2.10. The number of hydrazine groups is 1. The third kappa shape index (κ3) is 4.81. The fraction of sp³-hybridized carbons (Fsp3) is 0.300. The first-order valence-electron chi connectivity index (χ1n) is 5.33. The summed E-state index contributed by atoms with van der Waals surface area (Å²) in [6, 6.07) is 3.94. The maximum Gasteiger partial charge on any atom is 0.253 e. The summed E-state index contributed by atoms with van der Waals surface area (Å²) in [6.07, 6.45) is 1.01. The fourth-order valence-corrected chi connectivity index (χ4v) is 1.84. The molecule has 1 aromatic carbocycles. The number of nitrogens with two attached hydrogens (primary N) is 1. The Hall–Kier alpha value is -1.71. The Balaban J connectivity index is 2.62. The van der Waals surface area contributed by atoms with Gasteiger partial charge in [-0.2, -0.15) is 0 Å². The van der Waals surface area contributed by atoms with E-state index in [1.54, 1.807) is 0 Å². The van der Waals surface area contributed by atoms with E-state index in [1.165, 1.54) is 12.1 Å². The van der Waals surface area contributed by atoms with Crippen molar-refractivity contribution in [2.45, 2.75) is 0 Å². The van der Waals surface area contributed by atoms with Crippen LogP contribution in [0.3, 0.4) is 0 Å². The fourth-order valence-electron chi connectivity index (χ4n) is 1.37. The molecule has 9 heteroatoms. The number of amides is 1. The summed E-state index contributed by atoms with van der Waals surface area (Å²) in [5.74, 6) is 3.94. The molecule has 0 bridgehead atoms. The van der Waals surface area contributed by atoms with Crippen molar-refractivity contribution in [2.24, 2.45) is 5.84 Å². The number of carbonyl (C=O) groups is 1. The maximum absolute atomic E-state index is 13.3. The molecule has 0 spiro atoms. The number of rotatable bonds is 6. The third-order valence-electron chi connectivity index (χ3n) is 2.18. The minimum Gasteiger partial charge on any atom is -0.351 e. The molecule has 0 radical (unpaired) electrons. The smallest absolute Gasteiger partial charge is 0.253 e. The van der Waals surface area contributed by atoms with Crippen molar-refractivity contribution in [2.75, 3.05) is 24.8 Å². The van der Waals surface area contributed by atoms with Crippen molar-refractivity contribution in [1.29, 1.82) is 0 Å². The molecule has 0 aromatic heterocycles. The van der Waals surface area contributed by atoms with Crippen LogP contribution in [0.2, 0.25) is 0 Å². The lowest BCUT2D eigenvalue weighted by Crippen LogP contribution is -2.34. The Bertz CT molecular complexity index is 562. The lowest BCUT2D eigenvalue weighted by atomic mass is 10.1. The van der Waals surface area contributed by atoms with Gasteiger partial charge < -0.3 is 10.7 Å². The van der Waals surface area contributed by atoms with Crippen molar-refractivity contribution in [1.82, 2.24) is 10.0 Å². The SMILES string of the molecule is CS(=O)(=O)NCCNC(=O)c1cccc(F)c1NN. The zero-order valence-electron chi connectivity index (χ0n) is 10.2. The molecule has 0 saturated carbocycles. The van der Waals surface area contributed by atoms with Crippen LogP contribution in [-0.4, -0.2) is 33.7 Å². The second-order valence-electron chi connectivity index (χ2n) is 3.73. The van der Waals surface area contributed by atoms with Gasteiger partial charge in [0.25, 0.3) is 5.91 Å². The molecule has 0 heterocycles. The van der Waals surface area contributed by atoms with Gasteiger partial charge in [-0.25, -0.2) is 17.5 Å². The number of anilines is 1. The molecule has 5 N–H and O–H groups in total. The Morgan fingerprint density at radius 3 is 2.63 bits per heavy atom. The van der Waals surface area contributed by atoms with Crippen LogP contribution >= 0.6 is 0 Å². The third-order valence-corrected chi connectivity index (χ3v) is 2.91. The van der Waals surface area contributed by atoms with Gasteiger partial charge in [-0.1, -0.05) is 6.07 Å². The van der Waals surface area contributed by atoms with Crippen molar-refractivity contribution in [3.63, 3.8) is 0 Å². The molecule has 1 rings (SSSR count). The first-order valence-corrected chi connectivity index (χ1v) is 7.22. The normalized spacial score (nSPS) is 11.1. The van der Waals surface area contributed by atoms with Crippen molar-refractivity contribution < 1.29 is 17.6 Å². The molecule has 0 fully saturated rings. The predicted molar refractivity (Wildman–Crippen MR) is 69.4 cm³/mol. The first kappa shape index (κ1) is 15.3. The summed E-state index contributed by atoms with van der Waals surface area (Å²) in [6.45, 7) is 0.123. The van der Waals surface area contributed by atoms with E-state index in [-0.39, 0.29) is 24.3 Å². The summed E-state index contributed by atoms with van der Waals surface area (Å²) in [5, 5.41) is 2.45. The highest BCUT2D eigenvalue weighted by Crippen LogP contribution is 2.18. The van der Waals surface area contributed by atoms with Gasteiger partial charge in [0, 0.05) is 13.1 Å². The average molecular weight is 290 g/mol. The summed E-state index contributed by atoms with van der Waals surface area (Å²) < 4.78 is 37.1. The molecule has 1 amide bonds. The minimum atomic E-state index is -3.30. The molecule has 19 heavy (non-hydrogen) atoms. The molecule has 0 aliphatic heterocycles. The number of nitrogens with one attached hydrogen (secondary N) is 3. The van der Waals surface area contributed by atoms with Gasteiger partial charge >= 0.3 is 0 Å². The average Bonchev–Trinajstić information content (AvgIpc) is 2.33. The Kier molecular flexibility index (Phi) is 5.21. The van der Waals surface area contributed by atoms with E-state index < -0.39 is 21.7 Å². The highest BCUT2D eigenvalue weighted by Gasteiger charge is 2.13. The Morgan fingerprint density at radius 1 is 1.37 bits per heavy atom. The minimum absolute atomic E-state index is 0.0434. The quantitative estimate of drug-likeness (QED) is 0.317. The van der Waals surface area contributed by atoms with Crippen LogP contribution in [0.1, 0.15) is 10.4 Å². The van der Waals surface area contributed by atoms with Crippen LogP contribution in [0.5, 0.6) is 0 Å². The van der Waals surface area contributed by atoms with Crippen LogP contribution in [0, 0.1) is 5.82 Å². The summed E-state index contributed by atoms with van der Waals surface area (Å²) in [7, 11) is -3.30. The number of nitrogen functional groups attached to an aromatic ring is 1. The standard InChI is InChI=1S/C10H15FN4O3S/c1-19(17,18)14-6-5-13-10(16)7-3-2-4-8(11)9(7)15-12/h2-4,14-15H,5-6,12H2,1H3,(H,13,16). The molecule has 1 aromatic rings. The van der Waals surface area contributed by atoms with E-state index in [1.807, 2.05) is 0 Å². The topological polar surface area (TPSA) is 113 Å². The molecule has 0 aliphatic carbocycles. The Morgan fingerprint density at radius 2 is 2.05 bits per heavy atom. The Labute approximate surface area is 110 Å². The summed E-state index contributed by atoms with van der Waals surface area (Å²) in [4.78, 5) is 11.8. The van der Waals surface area contributed by atoms with Gasteiger partial charge in [-0.15, -0.1) is 0 Å². The van der Waals surface area contributed by atoms with Gasteiger partial charge in [-0.05, 0) is 12.1 Å². The summed E-state index contributed by atoms with van der Waals surface area (Å²) in [5.41, 5.74) is 2.04. The summed E-state index contributed by atoms with van der Waals surface area (Å²) >= 11 is 0. The van der Waals surface area contributed by atoms with Gasteiger partial charge in [0.1, 0.15) is 5.82 Å². The number of sulfonamides is 1. The number of benzene rings is 1. The zero-order chi connectivity index (χ0) is 14.5. The number of carbonyl (C=O) groups excluding carboxylic acids is 1. The zero-order valence-corrected chi connectivity index (χ0v) is 11.1. The monoisotopic (exact) mass is 290 g/mol. The van der Waals surface area contributed by atoms with E-state index >= 15 is 0 Å². The molecule has 7 nitrogen and oxygen atoms in total. The highest BCUT2D eigenvalue weighted by molar-refractivity contribution is 7.88. The van der Waals surface area contributed by atoms with E-state index in [0.29, 0.717) is 0 Å². The van der Waals surface area contributed by atoms with Crippen LogP contribution < -0.4 is 21.3 Å². The van der Waals surface area contributed by atoms with Crippen LogP contribution in [0.25, 0.3) is 0 Å². The number of hydrogen-bond acceptors (Lipinski definition) is 5. The largest absolute Gasteiger partial charge is 0.351 e. The number of hydrogen-bond donors (Lipinski definition) is 4. The second kappa shape index (κ2) is 6.45. The van der Waals surface area contributed by atoms with E-state index in [2.05, 4.69) is 15.5 Å². The lowest BCUT2D eigenvalue weighted by molar-refractivity contribution is 0.0954. The first-order chi connectivity index (χ1) is 8.85. The molecule has 0 atom stereocenters. The second-order valence-corrected chi connectivity index (χ2v) is 5.56. The molecular weight excluding hydrogens is 275 g/mol. The molecule has 0 unspecified atom stereocenters. The molecular formula is C10H15FN4O3S. The van der Waals surface area contributed by atoms with Crippen molar-refractivity contribution in [3.05, 3.63) is 29.6 Å². The molecule has 0 saturated heterocycles. The molecule has 106 valence electrons. The van der Waals surface area contributed by atoms with Gasteiger partial charge in [0.2, 0.25) is 10.0 Å². The van der Waals surface area contributed by atoms with Crippen molar-refractivity contribution >= 4 is 21.6 Å². The van der Waals surface area contributed by atoms with E-state index in [4.69, 9.17) is 5.84 Å².